The Kier molecular flexibility index (Phi) is 5.95. The van der Waals surface area contributed by atoms with Gasteiger partial charge in [-0.2, -0.15) is 0 Å². The molecule has 1 amide bonds. The fourth-order valence-electron chi connectivity index (χ4n) is 2.72. The molecule has 22 heavy (non-hydrogen) atoms. The maximum absolute atomic E-state index is 12.2. The van der Waals surface area contributed by atoms with Crippen molar-refractivity contribution in [3.05, 3.63) is 35.9 Å². The summed E-state index contributed by atoms with van der Waals surface area (Å²) in [5, 5.41) is 0. The molecule has 0 saturated carbocycles. The van der Waals surface area contributed by atoms with Crippen LogP contribution in [0.5, 0.6) is 0 Å². The molecule has 1 aliphatic rings. The average molecular weight is 305 g/mol. The van der Waals surface area contributed by atoms with Crippen molar-refractivity contribution in [3.8, 4) is 0 Å². The lowest BCUT2D eigenvalue weighted by molar-refractivity contribution is -0.148. The molecule has 2 atom stereocenters. The van der Waals surface area contributed by atoms with Gasteiger partial charge in [-0.1, -0.05) is 30.3 Å². The van der Waals surface area contributed by atoms with Crippen molar-refractivity contribution in [1.82, 2.24) is 4.90 Å². The number of hydrogen-bond acceptors (Lipinski definition) is 4. The second-order valence-corrected chi connectivity index (χ2v) is 5.52. The lowest BCUT2D eigenvalue weighted by atomic mass is 10.1. The molecule has 120 valence electrons. The van der Waals surface area contributed by atoms with Crippen LogP contribution < -0.4 is 0 Å². The first-order chi connectivity index (χ1) is 10.6. The lowest BCUT2D eigenvalue weighted by Gasteiger charge is -2.25. The predicted octanol–water partition coefficient (Wildman–Crippen LogP) is 2.18. The summed E-state index contributed by atoms with van der Waals surface area (Å²) in [5.74, 6) is -0.0875. The number of carbonyl (C=O) groups is 2. The minimum atomic E-state index is -0.360. The van der Waals surface area contributed by atoms with Crippen LogP contribution in [0.15, 0.2) is 30.3 Å². The molecular weight excluding hydrogens is 282 g/mol. The summed E-state index contributed by atoms with van der Waals surface area (Å²) in [6.07, 6.45) is 0.472. The first-order valence-electron chi connectivity index (χ1n) is 7.69. The second-order valence-electron chi connectivity index (χ2n) is 5.52. The normalized spacial score (nSPS) is 19.3. The number of amides is 1. The molecule has 1 saturated heterocycles. The molecule has 2 rings (SSSR count). The van der Waals surface area contributed by atoms with Gasteiger partial charge >= 0.3 is 5.97 Å². The van der Waals surface area contributed by atoms with E-state index in [9.17, 15) is 9.59 Å². The smallest absolute Gasteiger partial charge is 0.332 e. The zero-order valence-electron chi connectivity index (χ0n) is 13.2. The van der Waals surface area contributed by atoms with Gasteiger partial charge in [0.2, 0.25) is 5.91 Å². The SMILES string of the molecule is CCOC(=O)COC[C@H]1CC(=O)N([C@H](C)c2ccccc2)C1. The van der Waals surface area contributed by atoms with Crippen molar-refractivity contribution in [2.45, 2.75) is 26.3 Å². The molecule has 1 fully saturated rings. The third kappa shape index (κ3) is 4.31. The van der Waals surface area contributed by atoms with Gasteiger partial charge in [-0.05, 0) is 19.4 Å². The van der Waals surface area contributed by atoms with E-state index in [4.69, 9.17) is 9.47 Å². The van der Waals surface area contributed by atoms with Crippen LogP contribution in [0, 0.1) is 5.92 Å². The molecular formula is C17H23NO4. The average Bonchev–Trinajstić information content (AvgIpc) is 2.88. The fourth-order valence-corrected chi connectivity index (χ4v) is 2.72. The van der Waals surface area contributed by atoms with E-state index in [0.29, 0.717) is 26.2 Å². The van der Waals surface area contributed by atoms with E-state index in [-0.39, 0.29) is 30.4 Å². The van der Waals surface area contributed by atoms with Crippen LogP contribution in [0.25, 0.3) is 0 Å². The zero-order chi connectivity index (χ0) is 15.9. The van der Waals surface area contributed by atoms with Crippen molar-refractivity contribution in [1.29, 1.82) is 0 Å². The summed E-state index contributed by atoms with van der Waals surface area (Å²) in [7, 11) is 0. The Morgan fingerprint density at radius 2 is 2.09 bits per heavy atom. The van der Waals surface area contributed by atoms with E-state index < -0.39 is 0 Å². The Bertz CT molecular complexity index is 503. The lowest BCUT2D eigenvalue weighted by Crippen LogP contribution is -2.29. The van der Waals surface area contributed by atoms with Crippen LogP contribution in [0.2, 0.25) is 0 Å². The van der Waals surface area contributed by atoms with Crippen molar-refractivity contribution < 1.29 is 19.1 Å². The molecule has 0 radical (unpaired) electrons. The third-order valence-corrected chi connectivity index (χ3v) is 3.87. The van der Waals surface area contributed by atoms with Gasteiger partial charge in [-0.25, -0.2) is 4.79 Å². The van der Waals surface area contributed by atoms with Crippen LogP contribution in [0.4, 0.5) is 0 Å². The number of rotatable bonds is 7. The number of ether oxygens (including phenoxy) is 2. The van der Waals surface area contributed by atoms with E-state index >= 15 is 0 Å². The van der Waals surface area contributed by atoms with Gasteiger partial charge in [-0.15, -0.1) is 0 Å². The van der Waals surface area contributed by atoms with Gasteiger partial charge < -0.3 is 14.4 Å². The summed E-state index contributed by atoms with van der Waals surface area (Å²) in [5.41, 5.74) is 1.13. The highest BCUT2D eigenvalue weighted by molar-refractivity contribution is 5.79. The fraction of sp³-hybridized carbons (Fsp3) is 0.529. The van der Waals surface area contributed by atoms with Crippen LogP contribution in [-0.2, 0) is 19.1 Å². The highest BCUT2D eigenvalue weighted by atomic mass is 16.6. The maximum Gasteiger partial charge on any atom is 0.332 e. The number of carbonyl (C=O) groups excluding carboxylic acids is 2. The quantitative estimate of drug-likeness (QED) is 0.725. The molecule has 1 aromatic rings. The number of nitrogens with zero attached hydrogens (tertiary/aromatic N) is 1. The molecule has 1 heterocycles. The number of hydrogen-bond donors (Lipinski definition) is 0. The van der Waals surface area contributed by atoms with E-state index in [2.05, 4.69) is 0 Å². The van der Waals surface area contributed by atoms with Crippen LogP contribution in [0.1, 0.15) is 31.9 Å². The minimum Gasteiger partial charge on any atom is -0.464 e. The standard InChI is InChI=1S/C17H23NO4/c1-3-22-17(20)12-21-11-14-9-16(19)18(10-14)13(2)15-7-5-4-6-8-15/h4-8,13-14H,3,9-12H2,1-2H3/t13-,14+/m1/s1. The van der Waals surface area contributed by atoms with Gasteiger partial charge in [0.05, 0.1) is 19.3 Å². The van der Waals surface area contributed by atoms with E-state index in [0.717, 1.165) is 5.56 Å². The van der Waals surface area contributed by atoms with Gasteiger partial charge in [0.25, 0.3) is 0 Å². The van der Waals surface area contributed by atoms with Crippen LogP contribution in [0.3, 0.4) is 0 Å². The summed E-state index contributed by atoms with van der Waals surface area (Å²) in [6.45, 7) is 5.17. The van der Waals surface area contributed by atoms with Gasteiger partial charge in [0.15, 0.2) is 0 Å². The number of benzene rings is 1. The Morgan fingerprint density at radius 3 is 2.77 bits per heavy atom. The maximum atomic E-state index is 12.2. The molecule has 1 aliphatic heterocycles. The van der Waals surface area contributed by atoms with Crippen molar-refractivity contribution in [3.63, 3.8) is 0 Å². The first-order valence-corrected chi connectivity index (χ1v) is 7.69. The Hall–Kier alpha value is -1.88. The molecule has 1 aromatic carbocycles. The summed E-state index contributed by atoms with van der Waals surface area (Å²) < 4.78 is 10.2. The molecule has 0 aliphatic carbocycles. The molecule has 5 heteroatoms. The van der Waals surface area contributed by atoms with Gasteiger partial charge in [-0.3, -0.25) is 4.79 Å². The van der Waals surface area contributed by atoms with E-state index in [1.165, 1.54) is 0 Å². The second kappa shape index (κ2) is 7.94. The zero-order valence-corrected chi connectivity index (χ0v) is 13.2. The minimum absolute atomic E-state index is 0.0488. The van der Waals surface area contributed by atoms with Crippen LogP contribution in [-0.4, -0.2) is 43.1 Å². The Balaban J connectivity index is 1.82. The summed E-state index contributed by atoms with van der Waals surface area (Å²) >= 11 is 0. The summed E-state index contributed by atoms with van der Waals surface area (Å²) in [6, 6.07) is 10.0. The molecule has 0 bridgehead atoms. The van der Waals surface area contributed by atoms with Crippen molar-refractivity contribution >= 4 is 11.9 Å². The Labute approximate surface area is 131 Å². The predicted molar refractivity (Wildman–Crippen MR) is 82.1 cm³/mol. The molecule has 0 aromatic heterocycles. The van der Waals surface area contributed by atoms with E-state index in [1.807, 2.05) is 42.2 Å². The van der Waals surface area contributed by atoms with Gasteiger partial charge in [0, 0.05) is 18.9 Å². The van der Waals surface area contributed by atoms with E-state index in [1.54, 1.807) is 6.92 Å². The number of likely N-dealkylation sites (tertiary alicyclic amines) is 1. The summed E-state index contributed by atoms with van der Waals surface area (Å²) in [4.78, 5) is 25.3. The highest BCUT2D eigenvalue weighted by Crippen LogP contribution is 2.28. The Morgan fingerprint density at radius 1 is 1.36 bits per heavy atom. The molecule has 0 spiro atoms. The van der Waals surface area contributed by atoms with Gasteiger partial charge in [0.1, 0.15) is 6.61 Å². The number of esters is 1. The van der Waals surface area contributed by atoms with Crippen LogP contribution >= 0.6 is 0 Å². The largest absolute Gasteiger partial charge is 0.464 e. The first kappa shape index (κ1) is 16.5. The highest BCUT2D eigenvalue weighted by Gasteiger charge is 2.33. The van der Waals surface area contributed by atoms with Crippen molar-refractivity contribution in [2.24, 2.45) is 5.92 Å². The molecule has 0 N–H and O–H groups in total. The molecule has 5 nitrogen and oxygen atoms in total. The molecule has 0 unspecified atom stereocenters. The third-order valence-electron chi connectivity index (χ3n) is 3.87. The van der Waals surface area contributed by atoms with Crippen molar-refractivity contribution in [2.75, 3.05) is 26.4 Å². The topological polar surface area (TPSA) is 55.8 Å². The monoisotopic (exact) mass is 305 g/mol.